The fourth-order valence-electron chi connectivity index (χ4n) is 3.92. The second kappa shape index (κ2) is 9.54. The van der Waals surface area contributed by atoms with Crippen LogP contribution in [0.2, 0.25) is 5.02 Å². The standard InChI is InChI=1S/C24H22ClN5O3S/c1-33-20-4-2-3-17(13-20)22-27-30-21(31)14-19(26-24(30)34-22)15-28-9-11-29(12-10-28)23(32)16-5-7-18(25)8-6-16/h2-8,13-14H,9-12,15H2,1H3. The summed E-state index contributed by atoms with van der Waals surface area (Å²) in [7, 11) is 1.61. The summed E-state index contributed by atoms with van der Waals surface area (Å²) in [6.07, 6.45) is 0. The van der Waals surface area contributed by atoms with Gasteiger partial charge in [-0.3, -0.25) is 14.5 Å². The molecule has 0 unspecified atom stereocenters. The molecule has 0 aliphatic carbocycles. The number of ether oxygens (including phenoxy) is 1. The van der Waals surface area contributed by atoms with Gasteiger partial charge in [-0.15, -0.1) is 0 Å². The number of fused-ring (bicyclic) bond motifs is 1. The van der Waals surface area contributed by atoms with Crippen LogP contribution < -0.4 is 10.3 Å². The first-order chi connectivity index (χ1) is 16.5. The molecule has 0 bridgehead atoms. The number of aromatic nitrogens is 3. The highest BCUT2D eigenvalue weighted by Gasteiger charge is 2.23. The number of amides is 1. The minimum Gasteiger partial charge on any atom is -0.497 e. The van der Waals surface area contributed by atoms with E-state index < -0.39 is 0 Å². The Bertz CT molecular complexity index is 1390. The van der Waals surface area contributed by atoms with E-state index in [4.69, 9.17) is 16.3 Å². The Morgan fingerprint density at radius 1 is 1.09 bits per heavy atom. The van der Waals surface area contributed by atoms with E-state index in [1.807, 2.05) is 29.2 Å². The smallest absolute Gasteiger partial charge is 0.275 e. The number of benzene rings is 2. The predicted molar refractivity (Wildman–Crippen MR) is 132 cm³/mol. The lowest BCUT2D eigenvalue weighted by Gasteiger charge is -2.34. The first-order valence-electron chi connectivity index (χ1n) is 10.8. The summed E-state index contributed by atoms with van der Waals surface area (Å²) in [5.74, 6) is 0.732. The van der Waals surface area contributed by atoms with Crippen LogP contribution in [0.3, 0.4) is 0 Å². The van der Waals surface area contributed by atoms with E-state index in [1.165, 1.54) is 21.9 Å². The zero-order valence-corrected chi connectivity index (χ0v) is 20.1. The number of rotatable bonds is 5. The monoisotopic (exact) mass is 495 g/mol. The topological polar surface area (TPSA) is 80.0 Å². The van der Waals surface area contributed by atoms with Gasteiger partial charge in [0.15, 0.2) is 0 Å². The van der Waals surface area contributed by atoms with Gasteiger partial charge in [0, 0.05) is 54.9 Å². The minimum absolute atomic E-state index is 0.00355. The van der Waals surface area contributed by atoms with E-state index in [0.717, 1.165) is 11.3 Å². The lowest BCUT2D eigenvalue weighted by molar-refractivity contribution is 0.0627. The molecular formula is C24H22ClN5O3S. The Labute approximate surface area is 205 Å². The lowest BCUT2D eigenvalue weighted by atomic mass is 10.2. The average Bonchev–Trinajstić information content (AvgIpc) is 3.30. The number of piperazine rings is 1. The predicted octanol–water partition coefficient (Wildman–Crippen LogP) is 3.44. The van der Waals surface area contributed by atoms with Gasteiger partial charge in [0.25, 0.3) is 11.5 Å². The van der Waals surface area contributed by atoms with Crippen LogP contribution in [0, 0.1) is 0 Å². The van der Waals surface area contributed by atoms with Gasteiger partial charge in [-0.2, -0.15) is 9.61 Å². The molecule has 0 saturated carbocycles. The van der Waals surface area contributed by atoms with Crippen LogP contribution in [0.15, 0.2) is 59.4 Å². The Morgan fingerprint density at radius 3 is 2.59 bits per heavy atom. The van der Waals surface area contributed by atoms with Crippen LogP contribution in [0.5, 0.6) is 5.75 Å². The fourth-order valence-corrected chi connectivity index (χ4v) is 4.97. The Balaban J connectivity index is 1.27. The largest absolute Gasteiger partial charge is 0.497 e. The number of hydrogen-bond acceptors (Lipinski definition) is 7. The number of halogens is 1. The van der Waals surface area contributed by atoms with Crippen molar-refractivity contribution >= 4 is 33.8 Å². The highest BCUT2D eigenvalue weighted by atomic mass is 35.5. The molecular weight excluding hydrogens is 474 g/mol. The van der Waals surface area contributed by atoms with Crippen LogP contribution in [-0.2, 0) is 6.54 Å². The molecule has 2 aromatic heterocycles. The molecule has 2 aromatic carbocycles. The number of hydrogen-bond donors (Lipinski definition) is 0. The summed E-state index contributed by atoms with van der Waals surface area (Å²) in [6.45, 7) is 3.18. The molecule has 0 N–H and O–H groups in total. The molecule has 1 saturated heterocycles. The van der Waals surface area contributed by atoms with E-state index in [2.05, 4.69) is 15.0 Å². The maximum absolute atomic E-state index is 12.7. The number of methoxy groups -OCH3 is 1. The Morgan fingerprint density at radius 2 is 1.85 bits per heavy atom. The van der Waals surface area contributed by atoms with Gasteiger partial charge >= 0.3 is 0 Å². The van der Waals surface area contributed by atoms with Crippen LogP contribution >= 0.6 is 22.9 Å². The molecule has 10 heteroatoms. The summed E-state index contributed by atoms with van der Waals surface area (Å²) in [6, 6.07) is 16.0. The normalized spacial score (nSPS) is 14.5. The highest BCUT2D eigenvalue weighted by Crippen LogP contribution is 2.27. The average molecular weight is 496 g/mol. The zero-order valence-electron chi connectivity index (χ0n) is 18.5. The molecule has 0 atom stereocenters. The van der Waals surface area contributed by atoms with Gasteiger partial charge in [-0.05, 0) is 36.4 Å². The molecule has 0 spiro atoms. The maximum Gasteiger partial charge on any atom is 0.275 e. The molecule has 174 valence electrons. The van der Waals surface area contributed by atoms with Crippen molar-refractivity contribution in [2.24, 2.45) is 0 Å². The van der Waals surface area contributed by atoms with E-state index in [0.29, 0.717) is 59.0 Å². The number of carbonyl (C=O) groups is 1. The van der Waals surface area contributed by atoms with E-state index >= 15 is 0 Å². The van der Waals surface area contributed by atoms with Gasteiger partial charge in [0.1, 0.15) is 10.8 Å². The van der Waals surface area contributed by atoms with Gasteiger partial charge in [-0.1, -0.05) is 35.1 Å². The molecule has 4 aromatic rings. The summed E-state index contributed by atoms with van der Waals surface area (Å²) >= 11 is 7.29. The first kappa shape index (κ1) is 22.5. The third-order valence-electron chi connectivity index (χ3n) is 5.75. The van der Waals surface area contributed by atoms with Gasteiger partial charge in [0.05, 0.1) is 12.8 Å². The second-order valence-corrected chi connectivity index (χ2v) is 9.39. The molecule has 34 heavy (non-hydrogen) atoms. The van der Waals surface area contributed by atoms with Crippen LogP contribution in [0.1, 0.15) is 16.1 Å². The Kier molecular flexibility index (Phi) is 6.32. The van der Waals surface area contributed by atoms with Crippen molar-refractivity contribution in [2.45, 2.75) is 6.54 Å². The number of nitrogens with zero attached hydrogens (tertiary/aromatic N) is 5. The molecule has 3 heterocycles. The van der Waals surface area contributed by atoms with Crippen molar-refractivity contribution in [3.8, 4) is 16.3 Å². The van der Waals surface area contributed by atoms with Crippen molar-refractivity contribution in [3.05, 3.63) is 81.2 Å². The zero-order chi connectivity index (χ0) is 23.7. The molecule has 5 rings (SSSR count). The molecule has 1 amide bonds. The SMILES string of the molecule is COc1cccc(-c2nn3c(=O)cc(CN4CCN(C(=O)c5ccc(Cl)cc5)CC4)nc3s2)c1. The van der Waals surface area contributed by atoms with Crippen LogP contribution in [0.25, 0.3) is 15.5 Å². The van der Waals surface area contributed by atoms with E-state index in [1.54, 1.807) is 31.4 Å². The molecule has 0 radical (unpaired) electrons. The maximum atomic E-state index is 12.7. The van der Waals surface area contributed by atoms with Crippen molar-refractivity contribution in [2.75, 3.05) is 33.3 Å². The van der Waals surface area contributed by atoms with Crippen molar-refractivity contribution in [3.63, 3.8) is 0 Å². The molecule has 8 nitrogen and oxygen atoms in total. The summed E-state index contributed by atoms with van der Waals surface area (Å²) in [5, 5.41) is 5.76. The third-order valence-corrected chi connectivity index (χ3v) is 6.96. The first-order valence-corrected chi connectivity index (χ1v) is 12.0. The van der Waals surface area contributed by atoms with Gasteiger partial charge in [0.2, 0.25) is 4.96 Å². The summed E-state index contributed by atoms with van der Waals surface area (Å²) in [4.78, 5) is 34.7. The van der Waals surface area contributed by atoms with Crippen LogP contribution in [-0.4, -0.2) is 63.6 Å². The lowest BCUT2D eigenvalue weighted by Crippen LogP contribution is -2.48. The fraction of sp³-hybridized carbons (Fsp3) is 0.250. The van der Waals surface area contributed by atoms with Crippen LogP contribution in [0.4, 0.5) is 0 Å². The van der Waals surface area contributed by atoms with Crippen molar-refractivity contribution in [1.29, 1.82) is 0 Å². The molecule has 1 fully saturated rings. The summed E-state index contributed by atoms with van der Waals surface area (Å²) < 4.78 is 6.63. The number of carbonyl (C=O) groups excluding carboxylic acids is 1. The van der Waals surface area contributed by atoms with Crippen molar-refractivity contribution < 1.29 is 9.53 Å². The summed E-state index contributed by atoms with van der Waals surface area (Å²) in [5.41, 5.74) is 2.00. The van der Waals surface area contributed by atoms with Gasteiger partial charge < -0.3 is 9.64 Å². The molecule has 1 aliphatic rings. The highest BCUT2D eigenvalue weighted by molar-refractivity contribution is 7.19. The van der Waals surface area contributed by atoms with Crippen molar-refractivity contribution in [1.82, 2.24) is 24.4 Å². The van der Waals surface area contributed by atoms with Gasteiger partial charge in [-0.25, -0.2) is 4.98 Å². The minimum atomic E-state index is -0.207. The van der Waals surface area contributed by atoms with E-state index in [9.17, 15) is 9.59 Å². The molecule has 1 aliphatic heterocycles. The third kappa shape index (κ3) is 4.68. The van der Waals surface area contributed by atoms with E-state index in [-0.39, 0.29) is 11.5 Å². The quantitative estimate of drug-likeness (QED) is 0.422. The second-order valence-electron chi connectivity index (χ2n) is 7.99. The Hall–Kier alpha value is -3.27.